The molecule has 2 aromatic rings. The van der Waals surface area contributed by atoms with Crippen LogP contribution in [0.4, 0.5) is 15.9 Å². The van der Waals surface area contributed by atoms with Crippen LogP contribution < -0.4 is 15.4 Å². The monoisotopic (exact) mass is 375 g/mol. The second-order valence-electron chi connectivity index (χ2n) is 4.76. The molecule has 0 aliphatic heterocycles. The highest BCUT2D eigenvalue weighted by Crippen LogP contribution is 2.20. The third-order valence-electron chi connectivity index (χ3n) is 2.71. The molecule has 5 N–H and O–H groups in total. The van der Waals surface area contributed by atoms with Crippen LogP contribution in [0.3, 0.4) is 0 Å². The van der Waals surface area contributed by atoms with Gasteiger partial charge in [0.25, 0.3) is 0 Å². The number of amidine groups is 1. The molecule has 0 fully saturated rings. The average molecular weight is 376 g/mol. The molecule has 1 unspecified atom stereocenters. The number of nitrogens with zero attached hydrogens (tertiary/aromatic N) is 2. The van der Waals surface area contributed by atoms with E-state index >= 15 is 0 Å². The maximum absolute atomic E-state index is 13.1. The van der Waals surface area contributed by atoms with Crippen LogP contribution in [0.25, 0.3) is 0 Å². The summed E-state index contributed by atoms with van der Waals surface area (Å²) in [5.74, 6) is -0.488. The molecule has 1 heterocycles. The van der Waals surface area contributed by atoms with Gasteiger partial charge in [0.2, 0.25) is 5.82 Å². The standard InChI is InChI=1S/C12H15ClFN7O2S/c1-24(16,22)18-5-4-17-12-10(20-23-21-12)11(15)19-7-2-3-9(14)8(13)6-7/h2-3,6H,4-5H2,1H3,(H2,15,19)(H,17,21)(H2,16,18,22). The number of rotatable bonds is 7. The van der Waals surface area contributed by atoms with Crippen molar-refractivity contribution in [3.8, 4) is 0 Å². The molecule has 130 valence electrons. The zero-order valence-electron chi connectivity index (χ0n) is 12.5. The number of halogens is 2. The molecule has 12 heteroatoms. The van der Waals surface area contributed by atoms with E-state index in [-0.39, 0.29) is 28.9 Å². The first kappa shape index (κ1) is 18.1. The van der Waals surface area contributed by atoms with Crippen molar-refractivity contribution in [2.75, 3.05) is 30.0 Å². The van der Waals surface area contributed by atoms with E-state index in [0.29, 0.717) is 12.2 Å². The summed E-state index contributed by atoms with van der Waals surface area (Å²) in [5.41, 5.74) is 0.514. The van der Waals surface area contributed by atoms with E-state index in [1.54, 1.807) is 0 Å². The van der Waals surface area contributed by atoms with Crippen molar-refractivity contribution in [1.29, 1.82) is 10.2 Å². The van der Waals surface area contributed by atoms with Crippen molar-refractivity contribution in [1.82, 2.24) is 15.0 Å². The molecule has 24 heavy (non-hydrogen) atoms. The average Bonchev–Trinajstić information content (AvgIpc) is 2.95. The molecule has 0 saturated heterocycles. The second-order valence-corrected chi connectivity index (χ2v) is 7.14. The first-order valence-electron chi connectivity index (χ1n) is 6.62. The Labute approximate surface area is 142 Å². The summed E-state index contributed by atoms with van der Waals surface area (Å²) < 4.78 is 38.6. The predicted molar refractivity (Wildman–Crippen MR) is 89.4 cm³/mol. The Kier molecular flexibility index (Phi) is 5.70. The molecule has 2 rings (SSSR count). The summed E-state index contributed by atoms with van der Waals surface area (Å²) >= 11 is 5.68. The largest absolute Gasteiger partial charge is 0.364 e. The first-order chi connectivity index (χ1) is 11.3. The van der Waals surface area contributed by atoms with Gasteiger partial charge in [-0.25, -0.2) is 22.7 Å². The topological polar surface area (TPSA) is 140 Å². The molecule has 0 aliphatic rings. The highest BCUT2D eigenvalue weighted by Gasteiger charge is 2.15. The molecule has 0 amide bonds. The van der Waals surface area contributed by atoms with E-state index in [9.17, 15) is 8.60 Å². The number of hydrogen-bond acceptors (Lipinski definition) is 7. The highest BCUT2D eigenvalue weighted by molar-refractivity contribution is 7.89. The minimum Gasteiger partial charge on any atom is -0.364 e. The van der Waals surface area contributed by atoms with Gasteiger partial charge in [0.1, 0.15) is 15.7 Å². The predicted octanol–water partition coefficient (Wildman–Crippen LogP) is 1.89. The molecule has 0 saturated carbocycles. The maximum Gasteiger partial charge on any atom is 0.202 e. The van der Waals surface area contributed by atoms with E-state index in [4.69, 9.17) is 21.8 Å². The van der Waals surface area contributed by atoms with E-state index in [0.717, 1.165) is 0 Å². The Hall–Kier alpha value is -2.24. The molecular formula is C12H15ClFN7O2S. The smallest absolute Gasteiger partial charge is 0.202 e. The van der Waals surface area contributed by atoms with Crippen LogP contribution in [0.15, 0.2) is 22.8 Å². The minimum atomic E-state index is -2.79. The zero-order valence-corrected chi connectivity index (χ0v) is 14.1. The SMILES string of the molecule is CS(=N)(=O)NCCNc1nonc1C(=N)Nc1ccc(F)c(Cl)c1. The van der Waals surface area contributed by atoms with Gasteiger partial charge < -0.3 is 10.6 Å². The third-order valence-corrected chi connectivity index (χ3v) is 3.75. The van der Waals surface area contributed by atoms with Gasteiger partial charge >= 0.3 is 0 Å². The number of anilines is 2. The highest BCUT2D eigenvalue weighted by atomic mass is 35.5. The Morgan fingerprint density at radius 2 is 2.17 bits per heavy atom. The quantitative estimate of drug-likeness (QED) is 0.284. The van der Waals surface area contributed by atoms with Gasteiger partial charge in [-0.05, 0) is 28.5 Å². The summed E-state index contributed by atoms with van der Waals surface area (Å²) in [5, 5.41) is 20.7. The summed E-state index contributed by atoms with van der Waals surface area (Å²) in [7, 11) is -2.79. The lowest BCUT2D eigenvalue weighted by atomic mass is 10.3. The Balaban J connectivity index is 1.98. The Morgan fingerprint density at radius 1 is 1.42 bits per heavy atom. The lowest BCUT2D eigenvalue weighted by Gasteiger charge is -2.08. The number of hydrogen-bond donors (Lipinski definition) is 5. The molecule has 1 aromatic carbocycles. The molecule has 1 aromatic heterocycles. The fourth-order valence-corrected chi connectivity index (χ4v) is 2.34. The molecule has 0 bridgehead atoms. The van der Waals surface area contributed by atoms with E-state index in [1.165, 1.54) is 24.5 Å². The van der Waals surface area contributed by atoms with Crippen LogP contribution in [0.1, 0.15) is 5.69 Å². The van der Waals surface area contributed by atoms with Crippen LogP contribution in [-0.2, 0) is 9.92 Å². The van der Waals surface area contributed by atoms with Gasteiger partial charge in [-0.1, -0.05) is 11.6 Å². The third kappa shape index (κ3) is 5.15. The molecule has 1 atom stereocenters. The van der Waals surface area contributed by atoms with Crippen molar-refractivity contribution < 1.29 is 13.2 Å². The molecule has 0 aliphatic carbocycles. The van der Waals surface area contributed by atoms with Crippen molar-refractivity contribution in [2.24, 2.45) is 0 Å². The van der Waals surface area contributed by atoms with Crippen LogP contribution in [0.2, 0.25) is 5.02 Å². The van der Waals surface area contributed by atoms with E-state index in [2.05, 4.69) is 30.3 Å². The first-order valence-corrected chi connectivity index (χ1v) is 8.96. The molecular weight excluding hydrogens is 361 g/mol. The molecule has 0 radical (unpaired) electrons. The van der Waals surface area contributed by atoms with Gasteiger partial charge in [0, 0.05) is 25.0 Å². The second kappa shape index (κ2) is 7.55. The number of aromatic nitrogens is 2. The fourth-order valence-electron chi connectivity index (χ4n) is 1.67. The van der Waals surface area contributed by atoms with E-state index < -0.39 is 15.7 Å². The van der Waals surface area contributed by atoms with Crippen molar-refractivity contribution in [2.45, 2.75) is 0 Å². The van der Waals surface area contributed by atoms with Crippen LogP contribution in [0.5, 0.6) is 0 Å². The van der Waals surface area contributed by atoms with Gasteiger partial charge in [0.05, 0.1) is 5.02 Å². The lowest BCUT2D eigenvalue weighted by Crippen LogP contribution is -2.27. The van der Waals surface area contributed by atoms with Crippen molar-refractivity contribution in [3.63, 3.8) is 0 Å². The normalized spacial score (nSPS) is 13.3. The lowest BCUT2D eigenvalue weighted by molar-refractivity contribution is 0.308. The Morgan fingerprint density at radius 3 is 2.83 bits per heavy atom. The summed E-state index contributed by atoms with van der Waals surface area (Å²) in [6, 6.07) is 3.93. The number of nitrogens with one attached hydrogen (secondary N) is 5. The van der Waals surface area contributed by atoms with Crippen molar-refractivity contribution >= 4 is 38.9 Å². The minimum absolute atomic E-state index is 0.0749. The molecule has 9 nitrogen and oxygen atoms in total. The maximum atomic E-state index is 13.1. The van der Waals surface area contributed by atoms with Crippen LogP contribution >= 0.6 is 11.6 Å². The summed E-state index contributed by atoms with van der Waals surface area (Å²) in [6.07, 6.45) is 1.27. The zero-order chi connectivity index (χ0) is 17.7. The molecule has 0 spiro atoms. The van der Waals surface area contributed by atoms with Gasteiger partial charge in [-0.15, -0.1) is 0 Å². The Bertz CT molecular complexity index is 840. The van der Waals surface area contributed by atoms with E-state index in [1.807, 2.05) is 0 Å². The van der Waals surface area contributed by atoms with Gasteiger partial charge in [-0.2, -0.15) is 0 Å². The van der Waals surface area contributed by atoms with Crippen LogP contribution in [0, 0.1) is 16.0 Å². The summed E-state index contributed by atoms with van der Waals surface area (Å²) in [6.45, 7) is 0.542. The van der Waals surface area contributed by atoms with Gasteiger partial charge in [-0.3, -0.25) is 5.41 Å². The van der Waals surface area contributed by atoms with Crippen molar-refractivity contribution in [3.05, 3.63) is 34.7 Å². The van der Waals surface area contributed by atoms with Crippen LogP contribution in [-0.4, -0.2) is 39.7 Å². The number of benzene rings is 1. The fraction of sp³-hybridized carbons (Fsp3) is 0.250. The summed E-state index contributed by atoms with van der Waals surface area (Å²) in [4.78, 5) is 0. The van der Waals surface area contributed by atoms with Gasteiger partial charge in [0.15, 0.2) is 11.5 Å².